The van der Waals surface area contributed by atoms with Gasteiger partial charge in [-0.2, -0.15) is 0 Å². The minimum atomic E-state index is -0.478. The van der Waals surface area contributed by atoms with Crippen molar-refractivity contribution in [3.63, 3.8) is 0 Å². The molecule has 0 saturated carbocycles. The number of carbonyl (C=O) groups excluding carboxylic acids is 2. The van der Waals surface area contributed by atoms with Crippen molar-refractivity contribution in [1.29, 1.82) is 0 Å². The largest absolute Gasteiger partial charge is 0.493 e. The van der Waals surface area contributed by atoms with Crippen LogP contribution in [0, 0.1) is 25.5 Å². The molecule has 0 radical (unpaired) electrons. The molecule has 0 atom stereocenters. The number of nitrogens with one attached hydrogen (secondary N) is 1. The minimum Gasteiger partial charge on any atom is -0.493 e. The number of aromatic nitrogens is 6. The number of amides is 2. The summed E-state index contributed by atoms with van der Waals surface area (Å²) < 4.78 is 37.9. The first-order chi connectivity index (χ1) is 25.1. The van der Waals surface area contributed by atoms with Crippen LogP contribution < -0.4 is 9.64 Å². The molecule has 52 heavy (non-hydrogen) atoms. The van der Waals surface area contributed by atoms with Gasteiger partial charge in [0, 0.05) is 86.4 Å². The number of hydrogen-bond donors (Lipinski definition) is 1. The van der Waals surface area contributed by atoms with Gasteiger partial charge in [-0.15, -0.1) is 5.10 Å². The Morgan fingerprint density at radius 3 is 2.52 bits per heavy atom. The lowest BCUT2D eigenvalue weighted by Crippen LogP contribution is -2.49. The quantitative estimate of drug-likeness (QED) is 0.217. The van der Waals surface area contributed by atoms with Gasteiger partial charge < -0.3 is 24.4 Å². The van der Waals surface area contributed by atoms with Crippen molar-refractivity contribution in [1.82, 2.24) is 39.7 Å². The number of pyridine rings is 2. The lowest BCUT2D eigenvalue weighted by molar-refractivity contribution is -0.131. The number of halogens is 2. The molecule has 2 aliphatic rings. The fourth-order valence-electron chi connectivity index (χ4n) is 7.08. The monoisotopic (exact) mass is 709 g/mol. The zero-order chi connectivity index (χ0) is 36.5. The van der Waals surface area contributed by atoms with Crippen LogP contribution in [0.25, 0.3) is 27.6 Å². The second kappa shape index (κ2) is 14.5. The number of hydrogen-bond acceptors (Lipinski definition) is 8. The molecular formula is C38H41F2N9O3. The summed E-state index contributed by atoms with van der Waals surface area (Å²) >= 11 is 0. The van der Waals surface area contributed by atoms with E-state index >= 15 is 4.39 Å². The number of rotatable bonds is 9. The van der Waals surface area contributed by atoms with E-state index in [2.05, 4.69) is 32.2 Å². The van der Waals surface area contributed by atoms with Crippen LogP contribution in [0.2, 0.25) is 0 Å². The summed E-state index contributed by atoms with van der Waals surface area (Å²) in [6.45, 7) is 8.49. The molecule has 7 rings (SSSR count). The first-order valence-corrected chi connectivity index (χ1v) is 17.5. The summed E-state index contributed by atoms with van der Waals surface area (Å²) in [5, 5.41) is 8.33. The Kier molecular flexibility index (Phi) is 9.71. The van der Waals surface area contributed by atoms with Crippen LogP contribution >= 0.6 is 0 Å². The second-order valence-corrected chi connectivity index (χ2v) is 13.2. The number of aromatic amines is 1. The average Bonchev–Trinajstić information content (AvgIpc) is 3.86. The standard InChI is InChI=1S/C38H41F2N9O3/c1-5-25-17-23(2)41-21-30(25)28-18-27(26-7-6-10-48(22-26)34(50)8-11-49-12-9-42-45-49)35(40)36-29(28)19-32(44-36)38(51)47-15-13-46(14-16-47)37-33(52-4)20-31(39)24(3)43-37/h7,9,12,17-21,44H,5-6,8,10-11,13-16,22H2,1-4H3. The highest BCUT2D eigenvalue weighted by atomic mass is 19.1. The van der Waals surface area contributed by atoms with E-state index in [1.165, 1.54) is 13.2 Å². The lowest BCUT2D eigenvalue weighted by Gasteiger charge is -2.35. The summed E-state index contributed by atoms with van der Waals surface area (Å²) in [4.78, 5) is 44.8. The van der Waals surface area contributed by atoms with Gasteiger partial charge in [-0.05, 0) is 61.6 Å². The molecule has 0 spiro atoms. The van der Waals surface area contributed by atoms with Crippen molar-refractivity contribution in [2.45, 2.75) is 46.6 Å². The van der Waals surface area contributed by atoms with Crippen LogP contribution in [-0.4, -0.2) is 97.9 Å². The second-order valence-electron chi connectivity index (χ2n) is 13.2. The average molecular weight is 710 g/mol. The molecule has 0 unspecified atom stereocenters. The number of nitrogens with zero attached hydrogens (tertiary/aromatic N) is 8. The van der Waals surface area contributed by atoms with Crippen molar-refractivity contribution in [3.8, 4) is 16.9 Å². The zero-order valence-electron chi connectivity index (χ0n) is 29.7. The van der Waals surface area contributed by atoms with Crippen LogP contribution in [0.1, 0.15) is 52.8 Å². The van der Waals surface area contributed by atoms with Gasteiger partial charge in [0.15, 0.2) is 17.4 Å². The minimum absolute atomic E-state index is 0.0459. The van der Waals surface area contributed by atoms with E-state index in [0.29, 0.717) is 73.8 Å². The van der Waals surface area contributed by atoms with Crippen LogP contribution in [0.15, 0.2) is 48.9 Å². The van der Waals surface area contributed by atoms with Gasteiger partial charge in [0.25, 0.3) is 5.91 Å². The van der Waals surface area contributed by atoms with Crippen molar-refractivity contribution < 1.29 is 23.1 Å². The normalized spacial score (nSPS) is 15.0. The summed E-state index contributed by atoms with van der Waals surface area (Å²) in [6.07, 6.45) is 8.66. The molecule has 14 heteroatoms. The van der Waals surface area contributed by atoms with Gasteiger partial charge in [-0.1, -0.05) is 18.2 Å². The molecule has 12 nitrogen and oxygen atoms in total. The highest BCUT2D eigenvalue weighted by Gasteiger charge is 2.29. The SMILES string of the molecule is CCc1cc(C)ncc1-c1cc(C2=CCCN(C(=O)CCn3ccnn3)C2)c(F)c2[nH]c(C(=O)N3CCN(c4nc(C)c(F)cc4OC)CC3)cc12. The number of H-pyrrole nitrogens is 1. The third-order valence-corrected chi connectivity index (χ3v) is 9.94. The summed E-state index contributed by atoms with van der Waals surface area (Å²) in [5.74, 6) is -0.354. The number of ether oxygens (including phenoxy) is 1. The molecule has 1 aromatic carbocycles. The van der Waals surface area contributed by atoms with Crippen LogP contribution in [0.4, 0.5) is 14.6 Å². The van der Waals surface area contributed by atoms with E-state index in [1.54, 1.807) is 39.9 Å². The summed E-state index contributed by atoms with van der Waals surface area (Å²) in [5.41, 5.74) is 5.41. The van der Waals surface area contributed by atoms with Crippen molar-refractivity contribution in [2.75, 3.05) is 51.3 Å². The number of fused-ring (bicyclic) bond motifs is 1. The van der Waals surface area contributed by atoms with Gasteiger partial charge in [0.05, 0.1) is 31.1 Å². The Balaban J connectivity index is 1.20. The molecule has 5 aromatic rings. The van der Waals surface area contributed by atoms with E-state index in [0.717, 1.165) is 28.8 Å². The summed E-state index contributed by atoms with van der Waals surface area (Å²) in [6, 6.07) is 6.93. The van der Waals surface area contributed by atoms with Crippen LogP contribution in [0.5, 0.6) is 5.75 Å². The predicted octanol–water partition coefficient (Wildman–Crippen LogP) is 5.35. The Morgan fingerprint density at radius 2 is 1.79 bits per heavy atom. The molecule has 1 fully saturated rings. The topological polar surface area (TPSA) is 125 Å². The molecule has 2 amide bonds. The van der Waals surface area contributed by atoms with E-state index in [9.17, 15) is 14.0 Å². The highest BCUT2D eigenvalue weighted by molar-refractivity contribution is 6.05. The Morgan fingerprint density at radius 1 is 0.981 bits per heavy atom. The fourth-order valence-corrected chi connectivity index (χ4v) is 7.08. The first kappa shape index (κ1) is 34.8. The van der Waals surface area contributed by atoms with Crippen molar-refractivity contribution in [3.05, 3.63) is 88.8 Å². The molecular weight excluding hydrogens is 668 g/mol. The maximum atomic E-state index is 16.8. The van der Waals surface area contributed by atoms with E-state index in [1.807, 2.05) is 36.2 Å². The van der Waals surface area contributed by atoms with Gasteiger partial charge in [0.1, 0.15) is 11.5 Å². The van der Waals surface area contributed by atoms with Gasteiger partial charge >= 0.3 is 0 Å². The number of carbonyl (C=O) groups is 2. The number of methoxy groups -OCH3 is 1. The molecule has 6 heterocycles. The Bertz CT molecular complexity index is 2170. The van der Waals surface area contributed by atoms with E-state index < -0.39 is 11.6 Å². The van der Waals surface area contributed by atoms with E-state index in [-0.39, 0.29) is 41.7 Å². The van der Waals surface area contributed by atoms with Crippen molar-refractivity contribution >= 4 is 34.1 Å². The molecule has 1 saturated heterocycles. The number of anilines is 1. The maximum absolute atomic E-state index is 16.8. The molecule has 4 aromatic heterocycles. The van der Waals surface area contributed by atoms with E-state index in [4.69, 9.17) is 4.74 Å². The smallest absolute Gasteiger partial charge is 0.270 e. The summed E-state index contributed by atoms with van der Waals surface area (Å²) in [7, 11) is 1.47. The van der Waals surface area contributed by atoms with Crippen LogP contribution in [-0.2, 0) is 17.8 Å². The van der Waals surface area contributed by atoms with Crippen LogP contribution in [0.3, 0.4) is 0 Å². The van der Waals surface area contributed by atoms with Gasteiger partial charge in [0.2, 0.25) is 5.91 Å². The first-order valence-electron chi connectivity index (χ1n) is 17.5. The number of aryl methyl sites for hydroxylation is 4. The third kappa shape index (κ3) is 6.72. The molecule has 0 bridgehead atoms. The van der Waals surface area contributed by atoms with Gasteiger partial charge in [-0.3, -0.25) is 19.3 Å². The zero-order valence-corrected chi connectivity index (χ0v) is 29.7. The highest BCUT2D eigenvalue weighted by Crippen LogP contribution is 2.38. The third-order valence-electron chi connectivity index (χ3n) is 9.94. The molecule has 2 aliphatic heterocycles. The maximum Gasteiger partial charge on any atom is 0.270 e. The number of piperazine rings is 1. The molecule has 0 aliphatic carbocycles. The predicted molar refractivity (Wildman–Crippen MR) is 193 cm³/mol. The van der Waals surface area contributed by atoms with Gasteiger partial charge in [-0.25, -0.2) is 13.8 Å². The Labute approximate surface area is 300 Å². The Hall–Kier alpha value is -5.66. The lowest BCUT2D eigenvalue weighted by atomic mass is 9.91. The van der Waals surface area contributed by atoms with Crippen molar-refractivity contribution in [2.24, 2.45) is 0 Å². The molecule has 270 valence electrons. The molecule has 1 N–H and O–H groups in total. The number of benzene rings is 1. The fraction of sp³-hybridized carbons (Fsp3) is 0.368.